The van der Waals surface area contributed by atoms with Crippen LogP contribution in [0, 0.1) is 0 Å². The highest BCUT2D eigenvalue weighted by Gasteiger charge is 2.23. The van der Waals surface area contributed by atoms with Crippen molar-refractivity contribution in [3.63, 3.8) is 0 Å². The van der Waals surface area contributed by atoms with Gasteiger partial charge in [0.1, 0.15) is 6.10 Å². The van der Waals surface area contributed by atoms with Crippen molar-refractivity contribution in [1.82, 2.24) is 0 Å². The molecule has 0 saturated carbocycles. The summed E-state index contributed by atoms with van der Waals surface area (Å²) in [6.07, 6.45) is 1.26. The summed E-state index contributed by atoms with van der Waals surface area (Å²) >= 11 is 1.46. The molecule has 1 aromatic heterocycles. The minimum atomic E-state index is -0.386. The van der Waals surface area contributed by atoms with Gasteiger partial charge in [-0.2, -0.15) is 0 Å². The third kappa shape index (κ3) is 3.52. The van der Waals surface area contributed by atoms with Crippen molar-refractivity contribution >= 4 is 33.8 Å². The Morgan fingerprint density at radius 3 is 2.82 bits per heavy atom. The van der Waals surface area contributed by atoms with E-state index in [9.17, 15) is 9.59 Å². The summed E-state index contributed by atoms with van der Waals surface area (Å²) in [5, 5.41) is 8.30. The van der Waals surface area contributed by atoms with Crippen LogP contribution in [0.25, 0.3) is 0 Å². The normalized spacial score (nSPS) is 17.2. The van der Waals surface area contributed by atoms with Gasteiger partial charge in [-0.1, -0.05) is 6.07 Å². The maximum atomic E-state index is 12.2. The molecule has 2 amide bonds. The Hall–Kier alpha value is -2.18. The first-order chi connectivity index (χ1) is 10.7. The summed E-state index contributed by atoms with van der Waals surface area (Å²) in [5.41, 5.74) is 1.10. The van der Waals surface area contributed by atoms with E-state index in [-0.39, 0.29) is 17.9 Å². The Kier molecular flexibility index (Phi) is 4.50. The van der Waals surface area contributed by atoms with Gasteiger partial charge in [-0.3, -0.25) is 9.59 Å². The third-order valence-corrected chi connectivity index (χ3v) is 4.16. The lowest BCUT2D eigenvalue weighted by molar-refractivity contribution is -0.124. The lowest BCUT2D eigenvalue weighted by Crippen LogP contribution is -2.27. The molecular weight excluding hydrogens is 300 g/mol. The number of ether oxygens (including phenoxy) is 1. The van der Waals surface area contributed by atoms with Crippen molar-refractivity contribution in [1.29, 1.82) is 0 Å². The number of hydrogen-bond acceptors (Lipinski definition) is 4. The molecule has 1 fully saturated rings. The molecule has 2 aromatic rings. The van der Waals surface area contributed by atoms with E-state index in [0.717, 1.165) is 17.8 Å². The van der Waals surface area contributed by atoms with Crippen LogP contribution in [0.3, 0.4) is 0 Å². The Morgan fingerprint density at radius 1 is 1.18 bits per heavy atom. The number of carbonyl (C=O) groups excluding carboxylic acids is 2. The maximum Gasteiger partial charge on any atom is 0.256 e. The van der Waals surface area contributed by atoms with Crippen LogP contribution in [-0.2, 0) is 9.53 Å². The number of carbonyl (C=O) groups is 2. The summed E-state index contributed by atoms with van der Waals surface area (Å²) in [6.45, 7) is 0.626. The lowest BCUT2D eigenvalue weighted by Gasteiger charge is -2.11. The molecule has 0 bridgehead atoms. The average Bonchev–Trinajstić information content (AvgIpc) is 3.21. The molecule has 0 radical (unpaired) electrons. The van der Waals surface area contributed by atoms with Gasteiger partial charge in [-0.15, -0.1) is 11.3 Å². The van der Waals surface area contributed by atoms with E-state index in [4.69, 9.17) is 4.74 Å². The van der Waals surface area contributed by atoms with Gasteiger partial charge in [0.15, 0.2) is 0 Å². The second-order valence-corrected chi connectivity index (χ2v) is 5.95. The van der Waals surface area contributed by atoms with Gasteiger partial charge >= 0.3 is 0 Å². The summed E-state index contributed by atoms with van der Waals surface area (Å²) in [6, 6.07) is 10.6. The van der Waals surface area contributed by atoms with E-state index in [1.807, 2.05) is 17.5 Å². The summed E-state index contributed by atoms with van der Waals surface area (Å²) < 4.78 is 5.34. The molecule has 0 unspecified atom stereocenters. The molecule has 0 spiro atoms. The van der Waals surface area contributed by atoms with Crippen LogP contribution in [0.2, 0.25) is 0 Å². The summed E-state index contributed by atoms with van der Waals surface area (Å²) in [5.74, 6) is -0.357. The molecular formula is C16H16N2O3S. The number of hydrogen-bond donors (Lipinski definition) is 2. The van der Waals surface area contributed by atoms with Crippen LogP contribution < -0.4 is 10.6 Å². The fourth-order valence-electron chi connectivity index (χ4n) is 2.28. The van der Waals surface area contributed by atoms with E-state index in [0.29, 0.717) is 17.9 Å². The molecule has 1 aromatic carbocycles. The van der Waals surface area contributed by atoms with Crippen LogP contribution in [0.5, 0.6) is 0 Å². The first-order valence-corrected chi connectivity index (χ1v) is 7.98. The van der Waals surface area contributed by atoms with Gasteiger partial charge in [0.05, 0.1) is 5.00 Å². The van der Waals surface area contributed by atoms with Gasteiger partial charge < -0.3 is 15.4 Å². The Bertz CT molecular complexity index is 664. The molecule has 6 heteroatoms. The second-order valence-electron chi connectivity index (χ2n) is 5.00. The standard InChI is InChI=1S/C16H16N2O3S/c19-15(18-14-7-3-9-22-14)11-4-1-5-12(10-11)17-16(20)13-6-2-8-21-13/h1,3-5,7,9-10,13H,2,6,8H2,(H,17,20)(H,18,19)/t13-/m0/s1. The summed E-state index contributed by atoms with van der Waals surface area (Å²) in [4.78, 5) is 24.2. The van der Waals surface area contributed by atoms with Gasteiger partial charge in [0.25, 0.3) is 11.8 Å². The van der Waals surface area contributed by atoms with E-state index in [2.05, 4.69) is 10.6 Å². The molecule has 3 rings (SSSR count). The van der Waals surface area contributed by atoms with Gasteiger partial charge in [0.2, 0.25) is 0 Å². The molecule has 0 aliphatic carbocycles. The zero-order chi connectivity index (χ0) is 15.4. The smallest absolute Gasteiger partial charge is 0.256 e. The van der Waals surface area contributed by atoms with Crippen molar-refractivity contribution in [3.05, 3.63) is 47.3 Å². The predicted octanol–water partition coefficient (Wildman–Crippen LogP) is 3.12. The maximum absolute atomic E-state index is 12.2. The zero-order valence-corrected chi connectivity index (χ0v) is 12.7. The number of benzene rings is 1. The largest absolute Gasteiger partial charge is 0.368 e. The molecule has 1 aliphatic heterocycles. The minimum absolute atomic E-state index is 0.159. The molecule has 2 heterocycles. The van der Waals surface area contributed by atoms with Crippen molar-refractivity contribution in [2.45, 2.75) is 18.9 Å². The van der Waals surface area contributed by atoms with E-state index in [1.165, 1.54) is 11.3 Å². The molecule has 1 saturated heterocycles. The fraction of sp³-hybridized carbons (Fsp3) is 0.250. The van der Waals surface area contributed by atoms with Gasteiger partial charge in [-0.05, 0) is 48.6 Å². The van der Waals surface area contributed by atoms with Crippen molar-refractivity contribution in [2.24, 2.45) is 0 Å². The van der Waals surface area contributed by atoms with Crippen LogP contribution in [0.1, 0.15) is 23.2 Å². The van der Waals surface area contributed by atoms with Crippen molar-refractivity contribution < 1.29 is 14.3 Å². The highest BCUT2D eigenvalue weighted by Crippen LogP contribution is 2.19. The molecule has 114 valence electrons. The number of nitrogens with one attached hydrogen (secondary N) is 2. The van der Waals surface area contributed by atoms with Crippen molar-refractivity contribution in [3.8, 4) is 0 Å². The van der Waals surface area contributed by atoms with Crippen LogP contribution >= 0.6 is 11.3 Å². The van der Waals surface area contributed by atoms with E-state index < -0.39 is 0 Å². The highest BCUT2D eigenvalue weighted by atomic mass is 32.1. The second kappa shape index (κ2) is 6.72. The van der Waals surface area contributed by atoms with Crippen LogP contribution in [0.4, 0.5) is 10.7 Å². The molecule has 2 N–H and O–H groups in total. The number of thiophene rings is 1. The summed E-state index contributed by atoms with van der Waals surface area (Å²) in [7, 11) is 0. The van der Waals surface area contributed by atoms with Gasteiger partial charge in [-0.25, -0.2) is 0 Å². The molecule has 1 atom stereocenters. The molecule has 22 heavy (non-hydrogen) atoms. The monoisotopic (exact) mass is 316 g/mol. The number of amides is 2. The van der Waals surface area contributed by atoms with E-state index >= 15 is 0 Å². The van der Waals surface area contributed by atoms with E-state index in [1.54, 1.807) is 24.3 Å². The Morgan fingerprint density at radius 2 is 2.09 bits per heavy atom. The van der Waals surface area contributed by atoms with Gasteiger partial charge in [0, 0.05) is 17.9 Å². The topological polar surface area (TPSA) is 67.4 Å². The first-order valence-electron chi connectivity index (χ1n) is 7.10. The average molecular weight is 316 g/mol. The Balaban J connectivity index is 1.66. The zero-order valence-electron chi connectivity index (χ0n) is 11.9. The highest BCUT2D eigenvalue weighted by molar-refractivity contribution is 7.14. The lowest BCUT2D eigenvalue weighted by atomic mass is 10.1. The third-order valence-electron chi connectivity index (χ3n) is 3.37. The fourth-order valence-corrected chi connectivity index (χ4v) is 2.89. The van der Waals surface area contributed by atoms with Crippen molar-refractivity contribution in [2.75, 3.05) is 17.2 Å². The minimum Gasteiger partial charge on any atom is -0.368 e. The molecule has 5 nitrogen and oxygen atoms in total. The quantitative estimate of drug-likeness (QED) is 0.910. The first kappa shape index (κ1) is 14.7. The number of rotatable bonds is 4. The van der Waals surface area contributed by atoms with Crippen LogP contribution in [0.15, 0.2) is 41.8 Å². The van der Waals surface area contributed by atoms with Crippen LogP contribution in [-0.4, -0.2) is 24.5 Å². The molecule has 1 aliphatic rings. The Labute approximate surface area is 132 Å². The SMILES string of the molecule is O=C(Nc1cccs1)c1cccc(NC(=O)[C@@H]2CCCO2)c1. The predicted molar refractivity (Wildman–Crippen MR) is 86.3 cm³/mol. The number of anilines is 2.